The first-order chi connectivity index (χ1) is 22.6. The molecule has 2 unspecified atom stereocenters. The zero-order chi connectivity index (χ0) is 35.8. The van der Waals surface area contributed by atoms with Crippen LogP contribution in [0.4, 0.5) is 18.9 Å². The molecule has 3 aromatic carbocycles. The SMILES string of the molecule is COc1cc(C(Nc2ccc(C(=N)N)cc2)c2nn(-c3ccccc3OC)c(=O)[nH]2)ccc1OC(C)C(=O)N(C)C.O=C(O)C(F)(F)F. The molecule has 0 aliphatic rings. The van der Waals surface area contributed by atoms with E-state index in [1.807, 2.05) is 0 Å². The van der Waals surface area contributed by atoms with Crippen LogP contribution in [0.15, 0.2) is 71.5 Å². The van der Waals surface area contributed by atoms with Crippen LogP contribution in [0.2, 0.25) is 0 Å². The van der Waals surface area contributed by atoms with Crippen molar-refractivity contribution in [1.82, 2.24) is 19.7 Å². The number of H-pyrrole nitrogens is 1. The Bertz CT molecular complexity index is 1810. The molecular formula is C31H34F3N7O7. The molecule has 1 aromatic heterocycles. The number of hydrogen-bond donors (Lipinski definition) is 5. The zero-order valence-corrected chi connectivity index (χ0v) is 26.5. The maximum Gasteiger partial charge on any atom is 0.490 e. The molecule has 0 fully saturated rings. The molecule has 14 nitrogen and oxygen atoms in total. The normalized spacial score (nSPS) is 12.1. The zero-order valence-electron chi connectivity index (χ0n) is 26.5. The molecule has 0 radical (unpaired) electrons. The van der Waals surface area contributed by atoms with E-state index in [9.17, 15) is 22.8 Å². The lowest BCUT2D eigenvalue weighted by atomic mass is 10.0. The molecule has 0 aliphatic heterocycles. The van der Waals surface area contributed by atoms with Gasteiger partial charge >= 0.3 is 17.8 Å². The van der Waals surface area contributed by atoms with E-state index in [1.165, 1.54) is 23.8 Å². The summed E-state index contributed by atoms with van der Waals surface area (Å²) in [6.45, 7) is 1.67. The van der Waals surface area contributed by atoms with Crippen molar-refractivity contribution in [2.45, 2.75) is 25.2 Å². The maximum absolute atomic E-state index is 13.1. The number of hydrogen-bond acceptors (Lipinski definition) is 9. The number of carbonyl (C=O) groups is 2. The molecule has 4 aromatic rings. The summed E-state index contributed by atoms with van der Waals surface area (Å²) in [5, 5.41) is 22.8. The molecule has 0 aliphatic carbocycles. The quantitative estimate of drug-likeness (QED) is 0.116. The van der Waals surface area contributed by atoms with E-state index in [4.69, 9.17) is 35.3 Å². The lowest BCUT2D eigenvalue weighted by Crippen LogP contribution is -2.35. The Labute approximate surface area is 272 Å². The smallest absolute Gasteiger partial charge is 0.490 e. The molecule has 6 N–H and O–H groups in total. The minimum Gasteiger partial charge on any atom is -0.494 e. The third-order valence-electron chi connectivity index (χ3n) is 6.58. The van der Waals surface area contributed by atoms with Gasteiger partial charge in [0.05, 0.1) is 14.2 Å². The lowest BCUT2D eigenvalue weighted by molar-refractivity contribution is -0.192. The second-order valence-electron chi connectivity index (χ2n) is 10.2. The summed E-state index contributed by atoms with van der Waals surface area (Å²) in [6.07, 6.45) is -5.81. The number of carboxylic acid groups (broad SMARTS) is 1. The van der Waals surface area contributed by atoms with Crippen molar-refractivity contribution in [2.24, 2.45) is 5.73 Å². The third-order valence-corrected chi connectivity index (χ3v) is 6.58. The number of nitrogens with two attached hydrogens (primary N) is 1. The molecule has 1 amide bonds. The topological polar surface area (TPSA) is 198 Å². The van der Waals surface area contributed by atoms with Crippen molar-refractivity contribution in [3.05, 3.63) is 94.2 Å². The number of nitrogen functional groups attached to an aromatic ring is 1. The number of methoxy groups -OCH3 is 2. The molecule has 2 atom stereocenters. The van der Waals surface area contributed by atoms with Gasteiger partial charge in [-0.05, 0) is 61.0 Å². The number of aromatic nitrogens is 3. The second kappa shape index (κ2) is 15.5. The highest BCUT2D eigenvalue weighted by atomic mass is 19.4. The summed E-state index contributed by atoms with van der Waals surface area (Å²) in [5.74, 6) is -1.40. The lowest BCUT2D eigenvalue weighted by Gasteiger charge is -2.22. The monoisotopic (exact) mass is 673 g/mol. The van der Waals surface area contributed by atoms with Crippen molar-refractivity contribution in [3.8, 4) is 22.9 Å². The maximum atomic E-state index is 13.1. The van der Waals surface area contributed by atoms with Crippen molar-refractivity contribution in [1.29, 1.82) is 5.41 Å². The van der Waals surface area contributed by atoms with Crippen LogP contribution in [0.3, 0.4) is 0 Å². The van der Waals surface area contributed by atoms with Crippen molar-refractivity contribution < 1.29 is 42.1 Å². The Morgan fingerprint density at radius 2 is 1.62 bits per heavy atom. The molecular weight excluding hydrogens is 639 g/mol. The number of benzene rings is 3. The average molecular weight is 674 g/mol. The predicted octanol–water partition coefficient (Wildman–Crippen LogP) is 3.55. The number of carboxylic acids is 1. The average Bonchev–Trinajstić information content (AvgIpc) is 3.44. The number of aliphatic carboxylic acids is 1. The van der Waals surface area contributed by atoms with Crippen LogP contribution < -0.4 is 31.0 Å². The van der Waals surface area contributed by atoms with Gasteiger partial charge in [0.2, 0.25) is 0 Å². The van der Waals surface area contributed by atoms with Gasteiger partial charge in [0, 0.05) is 25.3 Å². The van der Waals surface area contributed by atoms with Crippen LogP contribution in [-0.2, 0) is 9.59 Å². The van der Waals surface area contributed by atoms with Crippen LogP contribution in [0, 0.1) is 5.41 Å². The van der Waals surface area contributed by atoms with Gasteiger partial charge < -0.3 is 35.3 Å². The Morgan fingerprint density at radius 3 is 2.17 bits per heavy atom. The number of anilines is 1. The van der Waals surface area contributed by atoms with Crippen LogP contribution in [-0.4, -0.2) is 83.1 Å². The Hall–Kier alpha value is -6.00. The fraction of sp³-hybridized carbons (Fsp3) is 0.258. The summed E-state index contributed by atoms with van der Waals surface area (Å²) in [4.78, 5) is 38.6. The van der Waals surface area contributed by atoms with Gasteiger partial charge in [-0.3, -0.25) is 15.2 Å². The van der Waals surface area contributed by atoms with Crippen LogP contribution in [0.1, 0.15) is 29.9 Å². The molecule has 48 heavy (non-hydrogen) atoms. The number of aromatic amines is 1. The van der Waals surface area contributed by atoms with Crippen molar-refractivity contribution in [2.75, 3.05) is 33.6 Å². The first-order valence-corrected chi connectivity index (χ1v) is 14.0. The second-order valence-corrected chi connectivity index (χ2v) is 10.2. The van der Waals surface area contributed by atoms with Gasteiger partial charge in [0.15, 0.2) is 23.4 Å². The number of amides is 1. The van der Waals surface area contributed by atoms with Crippen molar-refractivity contribution >= 4 is 23.4 Å². The highest BCUT2D eigenvalue weighted by Gasteiger charge is 2.38. The Kier molecular flexibility index (Phi) is 11.8. The summed E-state index contributed by atoms with van der Waals surface area (Å²) in [6, 6.07) is 18.7. The van der Waals surface area contributed by atoms with E-state index in [2.05, 4.69) is 15.4 Å². The van der Waals surface area contributed by atoms with Gasteiger partial charge in [-0.15, -0.1) is 5.10 Å². The summed E-state index contributed by atoms with van der Waals surface area (Å²) >= 11 is 0. The third kappa shape index (κ3) is 9.05. The van der Waals surface area contributed by atoms with Gasteiger partial charge in [0.1, 0.15) is 23.3 Å². The van der Waals surface area contributed by atoms with Crippen LogP contribution >= 0.6 is 0 Å². The largest absolute Gasteiger partial charge is 0.494 e. The predicted molar refractivity (Wildman–Crippen MR) is 169 cm³/mol. The minimum absolute atomic E-state index is 0.0460. The van der Waals surface area contributed by atoms with Crippen molar-refractivity contribution in [3.63, 3.8) is 0 Å². The Morgan fingerprint density at radius 1 is 1.02 bits per heavy atom. The molecule has 4 rings (SSSR count). The van der Waals surface area contributed by atoms with Gasteiger partial charge in [-0.1, -0.05) is 18.2 Å². The first-order valence-electron chi connectivity index (χ1n) is 14.0. The minimum atomic E-state index is -5.08. The van der Waals surface area contributed by atoms with Crippen LogP contribution in [0.5, 0.6) is 17.2 Å². The van der Waals surface area contributed by atoms with Crippen LogP contribution in [0.25, 0.3) is 5.69 Å². The number of nitrogens with zero attached hydrogens (tertiary/aromatic N) is 3. The number of rotatable bonds is 11. The Balaban J connectivity index is 0.000000804. The van der Waals surface area contributed by atoms with E-state index in [-0.39, 0.29) is 11.7 Å². The molecule has 1 heterocycles. The van der Waals surface area contributed by atoms with Gasteiger partial charge in [-0.25, -0.2) is 9.59 Å². The molecule has 0 saturated heterocycles. The number of ether oxygens (including phenoxy) is 3. The number of carbonyl (C=O) groups excluding carboxylic acids is 1. The first kappa shape index (κ1) is 36.5. The fourth-order valence-electron chi connectivity index (χ4n) is 4.23. The summed E-state index contributed by atoms with van der Waals surface area (Å²) < 4.78 is 49.9. The number of alkyl halides is 3. The molecule has 17 heteroatoms. The van der Waals surface area contributed by atoms with Gasteiger partial charge in [0.25, 0.3) is 5.91 Å². The van der Waals surface area contributed by atoms with E-state index in [1.54, 1.807) is 87.7 Å². The molecule has 0 spiro atoms. The van der Waals surface area contributed by atoms with E-state index in [0.717, 1.165) is 0 Å². The number of likely N-dealkylation sites (N-methyl/N-ethyl adjacent to an activating group) is 1. The van der Waals surface area contributed by atoms with E-state index >= 15 is 0 Å². The molecule has 0 saturated carbocycles. The number of amidine groups is 1. The molecule has 0 bridgehead atoms. The molecule has 256 valence electrons. The number of nitrogens with one attached hydrogen (secondary N) is 3. The number of para-hydroxylation sites is 2. The van der Waals surface area contributed by atoms with E-state index < -0.39 is 30.0 Å². The standard InChI is InChI=1S/C29H33N7O5.C2HF3O2/c1-17(28(37)35(2)3)41-23-15-12-19(16-24(23)40-5)25(32-20-13-10-18(11-14-20)26(30)31)27-33-29(38)36(34-27)21-8-6-7-9-22(21)39-4;3-2(4,5)1(6)7/h6-17,25,32H,1-5H3,(H3,30,31)(H,33,34,38);(H,6,7). The number of halogens is 3. The van der Waals surface area contributed by atoms with Gasteiger partial charge in [-0.2, -0.15) is 17.9 Å². The highest BCUT2D eigenvalue weighted by molar-refractivity contribution is 5.95. The highest BCUT2D eigenvalue weighted by Crippen LogP contribution is 2.34. The summed E-state index contributed by atoms with van der Waals surface area (Å²) in [5.41, 5.74) is 7.60. The fourth-order valence-corrected chi connectivity index (χ4v) is 4.23. The van der Waals surface area contributed by atoms with E-state index in [0.29, 0.717) is 45.6 Å². The summed E-state index contributed by atoms with van der Waals surface area (Å²) in [7, 11) is 6.35.